The minimum absolute atomic E-state index is 0.147. The molecule has 0 aliphatic heterocycles. The van der Waals surface area contributed by atoms with Crippen molar-refractivity contribution < 1.29 is 0 Å². The number of hydrogen-bond donors (Lipinski definition) is 1. The van der Waals surface area contributed by atoms with E-state index in [-0.39, 0.29) is 6.04 Å². The molecule has 1 atom stereocenters. The molecule has 0 bridgehead atoms. The van der Waals surface area contributed by atoms with E-state index in [1.165, 1.54) is 11.4 Å². The first kappa shape index (κ1) is 13.8. The first-order valence-electron chi connectivity index (χ1n) is 7.00. The maximum absolute atomic E-state index is 4.54. The van der Waals surface area contributed by atoms with Crippen LogP contribution in [0, 0.1) is 6.92 Å². The van der Waals surface area contributed by atoms with Crippen LogP contribution in [0.5, 0.6) is 0 Å². The van der Waals surface area contributed by atoms with Gasteiger partial charge in [0.15, 0.2) is 0 Å². The van der Waals surface area contributed by atoms with Crippen molar-refractivity contribution in [1.29, 1.82) is 0 Å². The normalized spacial score (nSPS) is 12.8. The van der Waals surface area contributed by atoms with Crippen LogP contribution in [0.3, 0.4) is 0 Å². The molecule has 2 heterocycles. The fourth-order valence-corrected chi connectivity index (χ4v) is 2.47. The summed E-state index contributed by atoms with van der Waals surface area (Å²) in [6.07, 6.45) is 1.86. The van der Waals surface area contributed by atoms with Crippen molar-refractivity contribution in [2.24, 2.45) is 0 Å². The van der Waals surface area contributed by atoms with Crippen molar-refractivity contribution >= 4 is 0 Å². The average Bonchev–Trinajstić information content (AvgIpc) is 3.01. The molecule has 5 heteroatoms. The van der Waals surface area contributed by atoms with Crippen LogP contribution in [-0.2, 0) is 13.1 Å². The highest BCUT2D eigenvalue weighted by Crippen LogP contribution is 2.22. The summed E-state index contributed by atoms with van der Waals surface area (Å²) in [6.45, 7) is 11.1. The summed E-state index contributed by atoms with van der Waals surface area (Å²) in [5.41, 5.74) is 3.46. The Kier molecular flexibility index (Phi) is 4.37. The van der Waals surface area contributed by atoms with Gasteiger partial charge in [-0.2, -0.15) is 10.2 Å². The van der Waals surface area contributed by atoms with Gasteiger partial charge >= 0.3 is 0 Å². The van der Waals surface area contributed by atoms with Crippen molar-refractivity contribution in [1.82, 2.24) is 24.9 Å². The number of hydrogen-bond acceptors (Lipinski definition) is 3. The zero-order valence-corrected chi connectivity index (χ0v) is 12.2. The molecular formula is C14H23N5. The standard InChI is InChI=1S/C14H23N5/c1-5-15-14(12-8-9-16-18(12)6-2)13-10-11(4)17-19(13)7-3/h8-10,14-15H,5-7H2,1-4H3. The Balaban J connectivity index is 2.44. The number of aromatic nitrogens is 4. The number of aryl methyl sites for hydroxylation is 3. The van der Waals surface area contributed by atoms with Crippen molar-refractivity contribution in [3.05, 3.63) is 35.4 Å². The van der Waals surface area contributed by atoms with E-state index in [1.807, 2.05) is 17.8 Å². The molecular weight excluding hydrogens is 238 g/mol. The van der Waals surface area contributed by atoms with Gasteiger partial charge in [-0.25, -0.2) is 0 Å². The minimum Gasteiger partial charge on any atom is -0.304 e. The lowest BCUT2D eigenvalue weighted by Gasteiger charge is -2.20. The van der Waals surface area contributed by atoms with Crippen molar-refractivity contribution in [2.45, 2.75) is 46.8 Å². The highest BCUT2D eigenvalue weighted by Gasteiger charge is 2.21. The lowest BCUT2D eigenvalue weighted by Crippen LogP contribution is -2.27. The molecule has 0 aliphatic rings. The molecule has 5 nitrogen and oxygen atoms in total. The Labute approximate surface area is 114 Å². The van der Waals surface area contributed by atoms with Gasteiger partial charge in [0.05, 0.1) is 23.1 Å². The van der Waals surface area contributed by atoms with E-state index in [2.05, 4.69) is 53.1 Å². The van der Waals surface area contributed by atoms with E-state index < -0.39 is 0 Å². The van der Waals surface area contributed by atoms with E-state index in [1.54, 1.807) is 0 Å². The maximum Gasteiger partial charge on any atom is 0.0918 e. The molecule has 1 unspecified atom stereocenters. The molecule has 0 amide bonds. The third-order valence-corrected chi connectivity index (χ3v) is 3.28. The molecule has 19 heavy (non-hydrogen) atoms. The van der Waals surface area contributed by atoms with Crippen molar-refractivity contribution in [3.8, 4) is 0 Å². The quantitative estimate of drug-likeness (QED) is 0.866. The summed E-state index contributed by atoms with van der Waals surface area (Å²) in [4.78, 5) is 0. The molecule has 0 spiro atoms. The van der Waals surface area contributed by atoms with E-state index in [0.717, 1.165) is 25.3 Å². The second kappa shape index (κ2) is 6.02. The van der Waals surface area contributed by atoms with Crippen LogP contribution in [-0.4, -0.2) is 26.1 Å². The predicted molar refractivity (Wildman–Crippen MR) is 76.1 cm³/mol. The Bertz CT molecular complexity index is 526. The molecule has 0 aliphatic carbocycles. The Hall–Kier alpha value is -1.62. The zero-order valence-electron chi connectivity index (χ0n) is 12.2. The van der Waals surface area contributed by atoms with Crippen LogP contribution >= 0.6 is 0 Å². The molecule has 0 saturated carbocycles. The van der Waals surface area contributed by atoms with Gasteiger partial charge in [-0.3, -0.25) is 9.36 Å². The van der Waals surface area contributed by atoms with Gasteiger partial charge in [-0.1, -0.05) is 6.92 Å². The van der Waals surface area contributed by atoms with Crippen LogP contribution < -0.4 is 5.32 Å². The largest absolute Gasteiger partial charge is 0.304 e. The number of rotatable bonds is 6. The summed E-state index contributed by atoms with van der Waals surface area (Å²) < 4.78 is 4.10. The smallest absolute Gasteiger partial charge is 0.0918 e. The third-order valence-electron chi connectivity index (χ3n) is 3.28. The summed E-state index contributed by atoms with van der Waals surface area (Å²) in [5, 5.41) is 12.5. The molecule has 1 N–H and O–H groups in total. The minimum atomic E-state index is 0.147. The Morgan fingerprint density at radius 1 is 1.16 bits per heavy atom. The van der Waals surface area contributed by atoms with Gasteiger partial charge < -0.3 is 5.32 Å². The van der Waals surface area contributed by atoms with Gasteiger partial charge in [0.25, 0.3) is 0 Å². The summed E-state index contributed by atoms with van der Waals surface area (Å²) >= 11 is 0. The Morgan fingerprint density at radius 3 is 2.53 bits per heavy atom. The molecule has 0 fully saturated rings. The van der Waals surface area contributed by atoms with E-state index >= 15 is 0 Å². The second-order valence-electron chi connectivity index (χ2n) is 4.59. The molecule has 104 valence electrons. The fourth-order valence-electron chi connectivity index (χ4n) is 2.47. The zero-order chi connectivity index (χ0) is 13.8. The predicted octanol–water partition coefficient (Wildman–Crippen LogP) is 2.13. The van der Waals surface area contributed by atoms with E-state index in [9.17, 15) is 0 Å². The summed E-state index contributed by atoms with van der Waals surface area (Å²) in [5.74, 6) is 0. The molecule has 0 saturated heterocycles. The lowest BCUT2D eigenvalue weighted by atomic mass is 10.1. The summed E-state index contributed by atoms with van der Waals surface area (Å²) in [6, 6.07) is 4.39. The monoisotopic (exact) mass is 261 g/mol. The van der Waals surface area contributed by atoms with Crippen LogP contribution in [0.1, 0.15) is 43.9 Å². The third kappa shape index (κ3) is 2.71. The van der Waals surface area contributed by atoms with Gasteiger partial charge in [0, 0.05) is 19.3 Å². The molecule has 0 aromatic carbocycles. The first-order valence-corrected chi connectivity index (χ1v) is 7.00. The molecule has 2 aromatic heterocycles. The van der Waals surface area contributed by atoms with Gasteiger partial charge in [-0.15, -0.1) is 0 Å². The summed E-state index contributed by atoms with van der Waals surface area (Å²) in [7, 11) is 0. The first-order chi connectivity index (χ1) is 9.21. The van der Waals surface area contributed by atoms with E-state index in [4.69, 9.17) is 0 Å². The van der Waals surface area contributed by atoms with Crippen LogP contribution in [0.25, 0.3) is 0 Å². The fraction of sp³-hybridized carbons (Fsp3) is 0.571. The maximum atomic E-state index is 4.54. The van der Waals surface area contributed by atoms with Crippen LogP contribution in [0.2, 0.25) is 0 Å². The SMILES string of the molecule is CCNC(c1ccnn1CC)c1cc(C)nn1CC. The molecule has 0 radical (unpaired) electrons. The Morgan fingerprint density at radius 2 is 1.89 bits per heavy atom. The van der Waals surface area contributed by atoms with Gasteiger partial charge in [0.1, 0.15) is 0 Å². The number of nitrogens with zero attached hydrogens (tertiary/aromatic N) is 4. The van der Waals surface area contributed by atoms with Crippen molar-refractivity contribution in [2.75, 3.05) is 6.54 Å². The van der Waals surface area contributed by atoms with Gasteiger partial charge in [0.2, 0.25) is 0 Å². The highest BCUT2D eigenvalue weighted by atomic mass is 15.3. The molecule has 2 aromatic rings. The van der Waals surface area contributed by atoms with Crippen LogP contribution in [0.4, 0.5) is 0 Å². The average molecular weight is 261 g/mol. The second-order valence-corrected chi connectivity index (χ2v) is 4.59. The lowest BCUT2D eigenvalue weighted by molar-refractivity contribution is 0.500. The van der Waals surface area contributed by atoms with E-state index in [0.29, 0.717) is 0 Å². The topological polar surface area (TPSA) is 47.7 Å². The van der Waals surface area contributed by atoms with Crippen LogP contribution in [0.15, 0.2) is 18.3 Å². The van der Waals surface area contributed by atoms with Crippen molar-refractivity contribution in [3.63, 3.8) is 0 Å². The number of nitrogens with one attached hydrogen (secondary N) is 1. The van der Waals surface area contributed by atoms with Gasteiger partial charge in [-0.05, 0) is 39.4 Å². The highest BCUT2D eigenvalue weighted by molar-refractivity contribution is 5.24. The molecule has 2 rings (SSSR count).